The molecule has 0 aliphatic rings. The molecule has 0 aliphatic heterocycles. The first-order valence-electron chi connectivity index (χ1n) is 6.89. The van der Waals surface area contributed by atoms with E-state index in [0.717, 1.165) is 22.1 Å². The molecule has 2 aromatic carbocycles. The molecular weight excluding hydrogens is 353 g/mol. The summed E-state index contributed by atoms with van der Waals surface area (Å²) >= 11 is 9.88. The largest absolute Gasteiger partial charge is 0.306 e. The van der Waals surface area contributed by atoms with Gasteiger partial charge < -0.3 is 5.32 Å². The second kappa shape index (κ2) is 6.91. The van der Waals surface area contributed by atoms with Gasteiger partial charge in [0.25, 0.3) is 0 Å². The van der Waals surface area contributed by atoms with Crippen LogP contribution in [0.3, 0.4) is 0 Å². The SMILES string of the molecule is CCNC(c1cc(C)c(F)c(C)c1)c1cccc(Br)c1Cl. The standard InChI is InChI=1S/C17H18BrClFN/c1-4-21-17(13-6-5-7-14(18)15(13)19)12-8-10(2)16(20)11(3)9-12/h5-9,17,21H,4H2,1-3H3. The predicted molar refractivity (Wildman–Crippen MR) is 90.5 cm³/mol. The Kier molecular flexibility index (Phi) is 5.42. The molecule has 2 rings (SSSR count). The molecule has 112 valence electrons. The van der Waals surface area contributed by atoms with Crippen molar-refractivity contribution in [2.24, 2.45) is 0 Å². The maximum Gasteiger partial charge on any atom is 0.129 e. The first-order valence-corrected chi connectivity index (χ1v) is 8.06. The minimum atomic E-state index is -0.144. The lowest BCUT2D eigenvalue weighted by Crippen LogP contribution is -2.22. The number of benzene rings is 2. The summed E-state index contributed by atoms with van der Waals surface area (Å²) < 4.78 is 14.7. The van der Waals surface area contributed by atoms with Gasteiger partial charge in [0.2, 0.25) is 0 Å². The van der Waals surface area contributed by atoms with Gasteiger partial charge in [0.05, 0.1) is 11.1 Å². The van der Waals surface area contributed by atoms with Gasteiger partial charge in [-0.05, 0) is 64.6 Å². The molecule has 0 heterocycles. The third-order valence-corrected chi connectivity index (χ3v) is 4.80. The van der Waals surface area contributed by atoms with E-state index in [1.807, 2.05) is 37.3 Å². The Morgan fingerprint density at radius 1 is 1.24 bits per heavy atom. The van der Waals surface area contributed by atoms with Crippen molar-refractivity contribution in [3.8, 4) is 0 Å². The van der Waals surface area contributed by atoms with Gasteiger partial charge in [0.15, 0.2) is 0 Å². The van der Waals surface area contributed by atoms with Gasteiger partial charge in [-0.1, -0.05) is 42.8 Å². The predicted octanol–water partition coefficient (Wildman–Crippen LogP) is 5.56. The lowest BCUT2D eigenvalue weighted by Gasteiger charge is -2.22. The second-order valence-corrected chi connectivity index (χ2v) is 6.33. The number of nitrogens with one attached hydrogen (secondary N) is 1. The fourth-order valence-electron chi connectivity index (χ4n) is 2.50. The molecule has 1 atom stereocenters. The van der Waals surface area contributed by atoms with Crippen molar-refractivity contribution in [1.82, 2.24) is 5.32 Å². The Labute approximate surface area is 138 Å². The van der Waals surface area contributed by atoms with Crippen molar-refractivity contribution >= 4 is 27.5 Å². The summed E-state index contributed by atoms with van der Waals surface area (Å²) in [5.74, 6) is -0.144. The molecule has 1 N–H and O–H groups in total. The minimum Gasteiger partial charge on any atom is -0.306 e. The zero-order valence-electron chi connectivity index (χ0n) is 12.3. The van der Waals surface area contributed by atoms with E-state index in [-0.39, 0.29) is 11.9 Å². The third-order valence-electron chi connectivity index (χ3n) is 3.49. The van der Waals surface area contributed by atoms with Crippen molar-refractivity contribution in [3.63, 3.8) is 0 Å². The molecule has 21 heavy (non-hydrogen) atoms. The highest BCUT2D eigenvalue weighted by Gasteiger charge is 2.19. The van der Waals surface area contributed by atoms with E-state index < -0.39 is 0 Å². The van der Waals surface area contributed by atoms with Crippen LogP contribution in [0.4, 0.5) is 4.39 Å². The van der Waals surface area contributed by atoms with Gasteiger partial charge in [0, 0.05) is 4.47 Å². The molecule has 0 spiro atoms. The van der Waals surface area contributed by atoms with Crippen LogP contribution in [0.15, 0.2) is 34.8 Å². The highest BCUT2D eigenvalue weighted by atomic mass is 79.9. The number of rotatable bonds is 4. The van der Waals surface area contributed by atoms with Crippen molar-refractivity contribution in [1.29, 1.82) is 0 Å². The summed E-state index contributed by atoms with van der Waals surface area (Å²) in [6, 6.07) is 9.57. The van der Waals surface area contributed by atoms with Crippen LogP contribution in [0.25, 0.3) is 0 Å². The summed E-state index contributed by atoms with van der Waals surface area (Å²) in [4.78, 5) is 0. The van der Waals surface area contributed by atoms with E-state index in [2.05, 4.69) is 21.2 Å². The van der Waals surface area contributed by atoms with Crippen LogP contribution >= 0.6 is 27.5 Å². The van der Waals surface area contributed by atoms with E-state index in [0.29, 0.717) is 16.1 Å². The molecular formula is C17H18BrClFN. The van der Waals surface area contributed by atoms with Crippen molar-refractivity contribution < 1.29 is 4.39 Å². The van der Waals surface area contributed by atoms with Crippen molar-refractivity contribution in [2.45, 2.75) is 26.8 Å². The molecule has 1 unspecified atom stereocenters. The molecule has 0 amide bonds. The normalized spacial score (nSPS) is 12.5. The van der Waals surface area contributed by atoms with Crippen LogP contribution in [0, 0.1) is 19.7 Å². The molecule has 4 heteroatoms. The van der Waals surface area contributed by atoms with Crippen molar-refractivity contribution in [3.05, 3.63) is 67.9 Å². The molecule has 0 bridgehead atoms. The summed E-state index contributed by atoms with van der Waals surface area (Å²) in [5, 5.41) is 4.11. The van der Waals surface area contributed by atoms with Gasteiger partial charge in [-0.3, -0.25) is 0 Å². The first-order chi connectivity index (χ1) is 9.95. The summed E-state index contributed by atoms with van der Waals surface area (Å²) in [6.45, 7) is 6.42. The minimum absolute atomic E-state index is 0.0574. The van der Waals surface area contributed by atoms with E-state index in [1.54, 1.807) is 13.8 Å². The average Bonchev–Trinajstić information content (AvgIpc) is 2.45. The smallest absolute Gasteiger partial charge is 0.129 e. The maximum atomic E-state index is 13.9. The maximum absolute atomic E-state index is 13.9. The first kappa shape index (κ1) is 16.5. The van der Waals surface area contributed by atoms with E-state index in [4.69, 9.17) is 11.6 Å². The van der Waals surface area contributed by atoms with Gasteiger partial charge >= 0.3 is 0 Å². The molecule has 0 fully saturated rings. The van der Waals surface area contributed by atoms with Crippen LogP contribution in [-0.2, 0) is 0 Å². The van der Waals surface area contributed by atoms with Crippen LogP contribution in [0.2, 0.25) is 5.02 Å². The Hall–Kier alpha value is -0.900. The van der Waals surface area contributed by atoms with E-state index >= 15 is 0 Å². The lowest BCUT2D eigenvalue weighted by molar-refractivity contribution is 0.598. The fraction of sp³-hybridized carbons (Fsp3) is 0.294. The average molecular weight is 371 g/mol. The van der Waals surface area contributed by atoms with Gasteiger partial charge in [-0.25, -0.2) is 4.39 Å². The van der Waals surface area contributed by atoms with Gasteiger partial charge in [0.1, 0.15) is 5.82 Å². The van der Waals surface area contributed by atoms with Crippen LogP contribution in [-0.4, -0.2) is 6.54 Å². The molecule has 0 aliphatic carbocycles. The monoisotopic (exact) mass is 369 g/mol. The Balaban J connectivity index is 2.56. The topological polar surface area (TPSA) is 12.0 Å². The molecule has 2 aromatic rings. The molecule has 0 aromatic heterocycles. The van der Waals surface area contributed by atoms with Crippen LogP contribution in [0.5, 0.6) is 0 Å². The number of hydrogen-bond acceptors (Lipinski definition) is 1. The number of halogens is 3. The van der Waals surface area contributed by atoms with E-state index in [1.165, 1.54) is 0 Å². The Morgan fingerprint density at radius 3 is 2.43 bits per heavy atom. The molecule has 0 saturated carbocycles. The van der Waals surface area contributed by atoms with E-state index in [9.17, 15) is 4.39 Å². The lowest BCUT2D eigenvalue weighted by atomic mass is 9.95. The third kappa shape index (κ3) is 3.47. The summed E-state index contributed by atoms with van der Waals surface area (Å²) in [6.07, 6.45) is 0. The van der Waals surface area contributed by atoms with Crippen molar-refractivity contribution in [2.75, 3.05) is 6.54 Å². The zero-order valence-corrected chi connectivity index (χ0v) is 14.6. The van der Waals surface area contributed by atoms with Crippen LogP contribution < -0.4 is 5.32 Å². The second-order valence-electron chi connectivity index (χ2n) is 5.10. The Morgan fingerprint density at radius 2 is 1.86 bits per heavy atom. The Bertz CT molecular complexity index is 634. The number of aryl methyl sites for hydroxylation is 2. The summed E-state index contributed by atoms with van der Waals surface area (Å²) in [5.41, 5.74) is 3.31. The molecule has 0 saturated heterocycles. The molecule has 1 nitrogen and oxygen atoms in total. The summed E-state index contributed by atoms with van der Waals surface area (Å²) in [7, 11) is 0. The highest BCUT2D eigenvalue weighted by molar-refractivity contribution is 9.10. The fourth-order valence-corrected chi connectivity index (χ4v) is 3.12. The number of hydrogen-bond donors (Lipinski definition) is 1. The van der Waals surface area contributed by atoms with Crippen LogP contribution in [0.1, 0.15) is 35.2 Å². The molecule has 0 radical (unpaired) electrons. The van der Waals surface area contributed by atoms with Gasteiger partial charge in [-0.2, -0.15) is 0 Å². The van der Waals surface area contributed by atoms with Gasteiger partial charge in [-0.15, -0.1) is 0 Å². The quantitative estimate of drug-likeness (QED) is 0.743. The highest BCUT2D eigenvalue weighted by Crippen LogP contribution is 2.34. The zero-order chi connectivity index (χ0) is 15.6.